The van der Waals surface area contributed by atoms with Gasteiger partial charge in [0.15, 0.2) is 0 Å². The summed E-state index contributed by atoms with van der Waals surface area (Å²) in [6, 6.07) is 8.96. The molecule has 2 saturated heterocycles. The number of piperidine rings is 1. The number of amides is 2. The van der Waals surface area contributed by atoms with Gasteiger partial charge in [-0.25, -0.2) is 0 Å². The summed E-state index contributed by atoms with van der Waals surface area (Å²) in [5.74, 6) is 0.959. The van der Waals surface area contributed by atoms with Crippen LogP contribution in [0.4, 0.5) is 0 Å². The van der Waals surface area contributed by atoms with Crippen molar-refractivity contribution < 1.29 is 14.7 Å². The van der Waals surface area contributed by atoms with Gasteiger partial charge in [0, 0.05) is 50.3 Å². The highest BCUT2D eigenvalue weighted by Crippen LogP contribution is 2.43. The molecule has 2 amide bonds. The van der Waals surface area contributed by atoms with Crippen LogP contribution >= 0.6 is 0 Å². The second kappa shape index (κ2) is 11.5. The number of hydrogen-bond donors (Lipinski definition) is 2. The summed E-state index contributed by atoms with van der Waals surface area (Å²) >= 11 is 0. The van der Waals surface area contributed by atoms with Gasteiger partial charge >= 0.3 is 0 Å². The molecule has 3 atom stereocenters. The van der Waals surface area contributed by atoms with Crippen molar-refractivity contribution in [2.45, 2.75) is 88.6 Å². The molecule has 182 valence electrons. The fraction of sp³-hybridized carbons (Fsp3) is 0.704. The van der Waals surface area contributed by atoms with Crippen molar-refractivity contribution in [2.24, 2.45) is 11.7 Å². The second-order valence-electron chi connectivity index (χ2n) is 10.5. The van der Waals surface area contributed by atoms with Crippen LogP contribution in [0.1, 0.15) is 92.5 Å². The van der Waals surface area contributed by atoms with Crippen LogP contribution < -0.4 is 5.73 Å². The number of fused-ring (bicyclic) bond motifs is 2. The van der Waals surface area contributed by atoms with Gasteiger partial charge in [-0.1, -0.05) is 31.4 Å². The van der Waals surface area contributed by atoms with E-state index in [9.17, 15) is 14.7 Å². The number of carbonyl (C=O) groups is 2. The minimum absolute atomic E-state index is 0.0810. The maximum Gasteiger partial charge on any atom is 0.248 e. The largest absolute Gasteiger partial charge is 0.396 e. The van der Waals surface area contributed by atoms with Crippen molar-refractivity contribution >= 4 is 11.8 Å². The van der Waals surface area contributed by atoms with E-state index >= 15 is 0 Å². The first-order chi connectivity index (χ1) is 16.0. The van der Waals surface area contributed by atoms with Gasteiger partial charge in [-0.3, -0.25) is 14.5 Å². The monoisotopic (exact) mass is 455 g/mol. The van der Waals surface area contributed by atoms with Crippen LogP contribution in [0.15, 0.2) is 24.3 Å². The Bertz CT molecular complexity index is 794. The van der Waals surface area contributed by atoms with Crippen LogP contribution in [-0.2, 0) is 4.79 Å². The highest BCUT2D eigenvalue weighted by Gasteiger charge is 2.41. The Balaban J connectivity index is 1.36. The maximum atomic E-state index is 12.9. The Morgan fingerprint density at radius 2 is 1.79 bits per heavy atom. The molecular formula is C27H41N3O3. The summed E-state index contributed by atoms with van der Waals surface area (Å²) in [5.41, 5.74) is 7.33. The molecule has 2 aliphatic heterocycles. The summed E-state index contributed by atoms with van der Waals surface area (Å²) in [6.07, 6.45) is 12.1. The van der Waals surface area contributed by atoms with Gasteiger partial charge < -0.3 is 15.7 Å². The van der Waals surface area contributed by atoms with Gasteiger partial charge in [0.05, 0.1) is 0 Å². The van der Waals surface area contributed by atoms with Gasteiger partial charge in [-0.2, -0.15) is 0 Å². The van der Waals surface area contributed by atoms with E-state index in [2.05, 4.69) is 15.9 Å². The summed E-state index contributed by atoms with van der Waals surface area (Å²) < 4.78 is 0. The smallest absolute Gasteiger partial charge is 0.248 e. The maximum absolute atomic E-state index is 12.9. The second-order valence-corrected chi connectivity index (χ2v) is 10.5. The van der Waals surface area contributed by atoms with E-state index in [1.54, 1.807) is 6.07 Å². The van der Waals surface area contributed by atoms with Crippen LogP contribution in [0.5, 0.6) is 0 Å². The molecule has 0 unspecified atom stereocenters. The van der Waals surface area contributed by atoms with Gasteiger partial charge in [-0.15, -0.1) is 0 Å². The molecule has 1 aromatic rings. The van der Waals surface area contributed by atoms with Crippen LogP contribution in [0.25, 0.3) is 0 Å². The fourth-order valence-corrected chi connectivity index (χ4v) is 6.48. The molecule has 6 heteroatoms. The highest BCUT2D eigenvalue weighted by molar-refractivity contribution is 5.92. The summed E-state index contributed by atoms with van der Waals surface area (Å²) in [6.45, 7) is 2.71. The molecule has 0 spiro atoms. The van der Waals surface area contributed by atoms with E-state index < -0.39 is 0 Å². The first-order valence-electron chi connectivity index (χ1n) is 13.1. The van der Waals surface area contributed by atoms with Gasteiger partial charge in [-0.05, 0) is 74.5 Å². The lowest BCUT2D eigenvalue weighted by atomic mass is 9.84. The molecule has 1 aromatic carbocycles. The van der Waals surface area contributed by atoms with E-state index in [4.69, 9.17) is 5.73 Å². The van der Waals surface area contributed by atoms with E-state index in [1.807, 2.05) is 12.1 Å². The number of hydrogen-bond acceptors (Lipinski definition) is 4. The predicted octanol–water partition coefficient (Wildman–Crippen LogP) is 3.68. The molecule has 4 rings (SSSR count). The standard InChI is InChI=1S/C27H41N3O3/c28-27(33)22-9-4-8-21(16-22)23-17-24-11-12-25(18-23)30(24)14-13-29(26(32)10-5-15-31)19-20-6-2-1-3-7-20/h4,8-9,16,20,23-25,31H,1-3,5-7,10-15,17-19H2,(H2,28,33)/t23-,24+,25-. The zero-order valence-electron chi connectivity index (χ0n) is 20.0. The number of aliphatic hydroxyl groups is 1. The first-order valence-corrected chi connectivity index (χ1v) is 13.1. The van der Waals surface area contributed by atoms with Gasteiger partial charge in [0.2, 0.25) is 11.8 Å². The number of carbonyl (C=O) groups excluding carboxylic acids is 2. The Morgan fingerprint density at radius 1 is 1.06 bits per heavy atom. The molecule has 33 heavy (non-hydrogen) atoms. The SMILES string of the molecule is NC(=O)c1cccc([C@H]2C[C@H]3CC[C@@H](C2)N3CCN(CC2CCCCC2)C(=O)CCCO)c1. The Hall–Kier alpha value is -1.92. The third kappa shape index (κ3) is 6.15. The van der Waals surface area contributed by atoms with Crippen molar-refractivity contribution in [3.8, 4) is 0 Å². The fourth-order valence-electron chi connectivity index (χ4n) is 6.48. The summed E-state index contributed by atoms with van der Waals surface area (Å²) in [5, 5.41) is 9.19. The summed E-state index contributed by atoms with van der Waals surface area (Å²) in [4.78, 5) is 29.3. The van der Waals surface area contributed by atoms with Crippen molar-refractivity contribution in [1.29, 1.82) is 0 Å². The minimum atomic E-state index is -0.360. The zero-order chi connectivity index (χ0) is 23.2. The molecule has 2 heterocycles. The lowest BCUT2D eigenvalue weighted by molar-refractivity contribution is -0.132. The van der Waals surface area contributed by atoms with E-state index in [0.717, 1.165) is 32.5 Å². The Kier molecular flexibility index (Phi) is 8.42. The average molecular weight is 456 g/mol. The molecule has 3 fully saturated rings. The lowest BCUT2D eigenvalue weighted by Gasteiger charge is -2.40. The van der Waals surface area contributed by atoms with Crippen molar-refractivity contribution in [2.75, 3.05) is 26.2 Å². The molecule has 6 nitrogen and oxygen atoms in total. The van der Waals surface area contributed by atoms with Crippen molar-refractivity contribution in [3.63, 3.8) is 0 Å². The minimum Gasteiger partial charge on any atom is -0.396 e. The molecule has 1 aliphatic carbocycles. The van der Waals surface area contributed by atoms with Crippen molar-refractivity contribution in [3.05, 3.63) is 35.4 Å². The quantitative estimate of drug-likeness (QED) is 0.563. The normalized spacial score (nSPS) is 25.8. The Labute approximate surface area is 198 Å². The van der Waals surface area contributed by atoms with Crippen LogP contribution in [0.3, 0.4) is 0 Å². The van der Waals surface area contributed by atoms with Gasteiger partial charge in [0.1, 0.15) is 0 Å². The number of primary amides is 1. The van der Waals surface area contributed by atoms with E-state index in [0.29, 0.717) is 42.3 Å². The predicted molar refractivity (Wildman–Crippen MR) is 130 cm³/mol. The molecule has 3 N–H and O–H groups in total. The van der Waals surface area contributed by atoms with Crippen LogP contribution in [0.2, 0.25) is 0 Å². The lowest BCUT2D eigenvalue weighted by Crippen LogP contribution is -2.47. The Morgan fingerprint density at radius 3 is 2.45 bits per heavy atom. The molecule has 1 saturated carbocycles. The van der Waals surface area contributed by atoms with E-state index in [-0.39, 0.29) is 18.4 Å². The first kappa shape index (κ1) is 24.2. The van der Waals surface area contributed by atoms with Crippen molar-refractivity contribution in [1.82, 2.24) is 9.80 Å². The average Bonchev–Trinajstić information content (AvgIpc) is 3.07. The zero-order valence-corrected chi connectivity index (χ0v) is 20.0. The number of nitrogens with two attached hydrogens (primary N) is 1. The number of nitrogens with zero attached hydrogens (tertiary/aromatic N) is 2. The molecular weight excluding hydrogens is 414 g/mol. The van der Waals surface area contributed by atoms with Crippen LogP contribution in [0, 0.1) is 5.92 Å². The third-order valence-electron chi connectivity index (χ3n) is 8.26. The third-order valence-corrected chi connectivity index (χ3v) is 8.26. The summed E-state index contributed by atoms with van der Waals surface area (Å²) in [7, 11) is 0. The topological polar surface area (TPSA) is 86.9 Å². The number of rotatable bonds is 10. The van der Waals surface area contributed by atoms with E-state index in [1.165, 1.54) is 50.5 Å². The molecule has 2 bridgehead atoms. The van der Waals surface area contributed by atoms with Gasteiger partial charge in [0.25, 0.3) is 0 Å². The highest BCUT2D eigenvalue weighted by atomic mass is 16.3. The number of benzene rings is 1. The molecule has 0 radical (unpaired) electrons. The van der Waals surface area contributed by atoms with Crippen LogP contribution in [-0.4, -0.2) is 65.0 Å². The number of aliphatic hydroxyl groups excluding tert-OH is 1. The molecule has 0 aromatic heterocycles. The molecule has 3 aliphatic rings.